The second-order valence-corrected chi connectivity index (χ2v) is 5.31. The molecule has 0 aliphatic carbocycles. The molecule has 0 amide bonds. The zero-order valence-corrected chi connectivity index (χ0v) is 10.5. The average Bonchev–Trinajstić information content (AvgIpc) is 2.72. The van der Waals surface area contributed by atoms with Crippen LogP contribution in [-0.4, -0.2) is 45.9 Å². The monoisotopic (exact) mass is 222 g/mol. The number of piperazine rings is 1. The summed E-state index contributed by atoms with van der Waals surface area (Å²) in [4.78, 5) is 2.55. The van der Waals surface area contributed by atoms with Gasteiger partial charge in [-0.05, 0) is 26.8 Å². The molecule has 1 aliphatic rings. The Morgan fingerprint density at radius 2 is 2.25 bits per heavy atom. The van der Waals surface area contributed by atoms with Crippen molar-refractivity contribution >= 4 is 0 Å². The summed E-state index contributed by atoms with van der Waals surface area (Å²) >= 11 is 0. The molecule has 4 heteroatoms. The Bertz CT molecular complexity index is 318. The molecule has 0 saturated carbocycles. The molecule has 1 aromatic rings. The molecule has 0 aromatic carbocycles. The molecule has 0 spiro atoms. The van der Waals surface area contributed by atoms with Gasteiger partial charge in [0.25, 0.3) is 0 Å². The van der Waals surface area contributed by atoms with Gasteiger partial charge >= 0.3 is 0 Å². The van der Waals surface area contributed by atoms with Crippen molar-refractivity contribution in [3.8, 4) is 0 Å². The quantitative estimate of drug-likeness (QED) is 0.827. The van der Waals surface area contributed by atoms with Crippen LogP contribution in [0.2, 0.25) is 0 Å². The van der Waals surface area contributed by atoms with E-state index in [0.29, 0.717) is 6.04 Å². The van der Waals surface area contributed by atoms with E-state index in [4.69, 9.17) is 0 Å². The standard InChI is InChI=1S/C12H22N4/c1-11-9-15(12(2,3)10-13-11)7-8-16-6-4-5-14-16/h4-6,11,13H,7-10H2,1-3H3. The van der Waals surface area contributed by atoms with Crippen LogP contribution in [0, 0.1) is 0 Å². The first-order chi connectivity index (χ1) is 7.58. The van der Waals surface area contributed by atoms with Crippen molar-refractivity contribution in [3.63, 3.8) is 0 Å². The lowest BCUT2D eigenvalue weighted by Gasteiger charge is -2.45. The molecule has 0 bridgehead atoms. The zero-order valence-electron chi connectivity index (χ0n) is 10.5. The van der Waals surface area contributed by atoms with Crippen LogP contribution in [0.15, 0.2) is 18.5 Å². The molecular formula is C12H22N4. The van der Waals surface area contributed by atoms with Crippen LogP contribution in [0.4, 0.5) is 0 Å². The highest BCUT2D eigenvalue weighted by molar-refractivity contribution is 4.91. The molecular weight excluding hydrogens is 200 g/mol. The smallest absolute Gasteiger partial charge is 0.0536 e. The van der Waals surface area contributed by atoms with Gasteiger partial charge in [-0.15, -0.1) is 0 Å². The van der Waals surface area contributed by atoms with Gasteiger partial charge in [0.15, 0.2) is 0 Å². The molecule has 1 aromatic heterocycles. The predicted octanol–water partition coefficient (Wildman–Crippen LogP) is 0.955. The van der Waals surface area contributed by atoms with Crippen LogP contribution >= 0.6 is 0 Å². The van der Waals surface area contributed by atoms with E-state index in [1.165, 1.54) is 0 Å². The van der Waals surface area contributed by atoms with E-state index in [1.54, 1.807) is 0 Å². The number of nitrogens with one attached hydrogen (secondary N) is 1. The SMILES string of the molecule is CC1CN(CCn2cccn2)C(C)(C)CN1. The van der Waals surface area contributed by atoms with Crippen LogP contribution < -0.4 is 5.32 Å². The number of aromatic nitrogens is 2. The summed E-state index contributed by atoms with van der Waals surface area (Å²) in [5.74, 6) is 0. The number of hydrogen-bond donors (Lipinski definition) is 1. The summed E-state index contributed by atoms with van der Waals surface area (Å²) < 4.78 is 2.00. The molecule has 16 heavy (non-hydrogen) atoms. The third-order valence-corrected chi connectivity index (χ3v) is 3.39. The Morgan fingerprint density at radius 1 is 1.44 bits per heavy atom. The first-order valence-electron chi connectivity index (χ1n) is 6.04. The van der Waals surface area contributed by atoms with E-state index in [9.17, 15) is 0 Å². The fourth-order valence-electron chi connectivity index (χ4n) is 2.23. The lowest BCUT2D eigenvalue weighted by molar-refractivity contribution is 0.0658. The summed E-state index contributed by atoms with van der Waals surface area (Å²) in [6.07, 6.45) is 3.87. The van der Waals surface area contributed by atoms with E-state index in [2.05, 4.69) is 36.1 Å². The van der Waals surface area contributed by atoms with E-state index < -0.39 is 0 Å². The second-order valence-electron chi connectivity index (χ2n) is 5.31. The Labute approximate surface area is 97.6 Å². The van der Waals surface area contributed by atoms with Crippen LogP contribution in [-0.2, 0) is 6.54 Å². The highest BCUT2D eigenvalue weighted by Gasteiger charge is 2.31. The van der Waals surface area contributed by atoms with Gasteiger partial charge in [-0.1, -0.05) is 0 Å². The summed E-state index contributed by atoms with van der Waals surface area (Å²) in [5.41, 5.74) is 0.250. The predicted molar refractivity (Wildman–Crippen MR) is 65.3 cm³/mol. The van der Waals surface area contributed by atoms with E-state index in [0.717, 1.165) is 26.2 Å². The zero-order chi connectivity index (χ0) is 11.6. The van der Waals surface area contributed by atoms with Gasteiger partial charge < -0.3 is 5.32 Å². The summed E-state index contributed by atoms with van der Waals surface area (Å²) in [5, 5.41) is 7.77. The van der Waals surface area contributed by atoms with Crippen molar-refractivity contribution in [1.29, 1.82) is 0 Å². The Morgan fingerprint density at radius 3 is 2.94 bits per heavy atom. The van der Waals surface area contributed by atoms with Crippen LogP contribution in [0.3, 0.4) is 0 Å². The molecule has 4 nitrogen and oxygen atoms in total. The fourth-order valence-corrected chi connectivity index (χ4v) is 2.23. The van der Waals surface area contributed by atoms with Crippen molar-refractivity contribution in [2.45, 2.75) is 38.9 Å². The van der Waals surface area contributed by atoms with Crippen LogP contribution in [0.5, 0.6) is 0 Å². The number of nitrogens with zero attached hydrogens (tertiary/aromatic N) is 3. The van der Waals surface area contributed by atoms with Crippen LogP contribution in [0.1, 0.15) is 20.8 Å². The molecule has 1 unspecified atom stereocenters. The maximum absolute atomic E-state index is 4.24. The number of rotatable bonds is 3. The minimum Gasteiger partial charge on any atom is -0.311 e. The van der Waals surface area contributed by atoms with Crippen molar-refractivity contribution < 1.29 is 0 Å². The lowest BCUT2D eigenvalue weighted by atomic mass is 9.98. The molecule has 1 atom stereocenters. The van der Waals surface area contributed by atoms with Crippen molar-refractivity contribution in [2.24, 2.45) is 0 Å². The molecule has 0 radical (unpaired) electrons. The van der Waals surface area contributed by atoms with Gasteiger partial charge in [-0.2, -0.15) is 5.10 Å². The van der Waals surface area contributed by atoms with Gasteiger partial charge in [0, 0.05) is 43.6 Å². The molecule has 2 heterocycles. The summed E-state index contributed by atoms with van der Waals surface area (Å²) in [6, 6.07) is 2.57. The lowest BCUT2D eigenvalue weighted by Crippen LogP contribution is -2.61. The van der Waals surface area contributed by atoms with E-state index in [1.807, 2.05) is 23.1 Å². The molecule has 1 saturated heterocycles. The first kappa shape index (κ1) is 11.6. The van der Waals surface area contributed by atoms with Gasteiger partial charge in [0.2, 0.25) is 0 Å². The molecule has 90 valence electrons. The van der Waals surface area contributed by atoms with Crippen LogP contribution in [0.25, 0.3) is 0 Å². The largest absolute Gasteiger partial charge is 0.311 e. The third-order valence-electron chi connectivity index (χ3n) is 3.39. The molecule has 2 rings (SSSR count). The molecule has 1 fully saturated rings. The highest BCUT2D eigenvalue weighted by atomic mass is 15.3. The Kier molecular flexibility index (Phi) is 3.30. The summed E-state index contributed by atoms with van der Waals surface area (Å²) in [7, 11) is 0. The molecule has 1 aliphatic heterocycles. The average molecular weight is 222 g/mol. The van der Waals surface area contributed by atoms with Gasteiger partial charge in [-0.3, -0.25) is 9.58 Å². The minimum absolute atomic E-state index is 0.250. The molecule has 1 N–H and O–H groups in total. The van der Waals surface area contributed by atoms with Crippen molar-refractivity contribution in [2.75, 3.05) is 19.6 Å². The van der Waals surface area contributed by atoms with E-state index in [-0.39, 0.29) is 5.54 Å². The Balaban J connectivity index is 1.91. The first-order valence-corrected chi connectivity index (χ1v) is 6.04. The van der Waals surface area contributed by atoms with E-state index >= 15 is 0 Å². The van der Waals surface area contributed by atoms with Gasteiger partial charge in [0.05, 0.1) is 6.54 Å². The minimum atomic E-state index is 0.250. The van der Waals surface area contributed by atoms with Crippen molar-refractivity contribution in [1.82, 2.24) is 20.0 Å². The summed E-state index contributed by atoms with van der Waals surface area (Å²) in [6.45, 7) is 11.1. The van der Waals surface area contributed by atoms with Gasteiger partial charge in [-0.25, -0.2) is 0 Å². The number of hydrogen-bond acceptors (Lipinski definition) is 3. The second kappa shape index (κ2) is 4.55. The normalized spacial score (nSPS) is 25.8. The Hall–Kier alpha value is -0.870. The third kappa shape index (κ3) is 2.62. The topological polar surface area (TPSA) is 33.1 Å². The highest BCUT2D eigenvalue weighted by Crippen LogP contribution is 2.18. The fraction of sp³-hybridized carbons (Fsp3) is 0.750. The maximum atomic E-state index is 4.24. The van der Waals surface area contributed by atoms with Gasteiger partial charge in [0.1, 0.15) is 0 Å². The maximum Gasteiger partial charge on any atom is 0.0536 e. The van der Waals surface area contributed by atoms with Crippen molar-refractivity contribution in [3.05, 3.63) is 18.5 Å².